The van der Waals surface area contributed by atoms with E-state index in [4.69, 9.17) is 5.84 Å². The summed E-state index contributed by atoms with van der Waals surface area (Å²) in [5.41, 5.74) is 2.32. The molecule has 1 amide bonds. The first kappa shape index (κ1) is 14.5. The van der Waals surface area contributed by atoms with Crippen LogP contribution in [0.3, 0.4) is 0 Å². The van der Waals surface area contributed by atoms with E-state index in [2.05, 4.69) is 31.1 Å². The maximum absolute atomic E-state index is 11.8. The molecule has 0 bridgehead atoms. The Morgan fingerprint density at radius 2 is 2.06 bits per heavy atom. The van der Waals surface area contributed by atoms with Crippen LogP contribution in [-0.4, -0.2) is 29.4 Å². The molecule has 1 unspecified atom stereocenters. The molecule has 1 aliphatic carbocycles. The predicted molar refractivity (Wildman–Crippen MR) is 70.2 cm³/mol. The second kappa shape index (κ2) is 6.97. The lowest BCUT2D eigenvalue weighted by molar-refractivity contribution is -0.127. The van der Waals surface area contributed by atoms with Crippen molar-refractivity contribution in [2.75, 3.05) is 6.54 Å². The van der Waals surface area contributed by atoms with Gasteiger partial charge in [0.2, 0.25) is 0 Å². The van der Waals surface area contributed by atoms with Gasteiger partial charge < -0.3 is 0 Å². The van der Waals surface area contributed by atoms with Gasteiger partial charge in [-0.25, -0.2) is 5.84 Å². The summed E-state index contributed by atoms with van der Waals surface area (Å²) >= 11 is 0. The van der Waals surface area contributed by atoms with E-state index >= 15 is 0 Å². The average Bonchev–Trinajstić information content (AvgIpc) is 3.11. The summed E-state index contributed by atoms with van der Waals surface area (Å²) in [6, 6.07) is 0.582. The number of carbonyl (C=O) groups excluding carboxylic acids is 1. The molecule has 100 valence electrons. The standard InChI is InChI=1S/C13H27N3O/c1-4-5-12(13(17)15-14)16(11-6-7-11)9-8-10(2)3/h10-12H,4-9,14H2,1-3H3,(H,15,17). The van der Waals surface area contributed by atoms with Crippen LogP contribution in [0.25, 0.3) is 0 Å². The zero-order valence-electron chi connectivity index (χ0n) is 11.4. The maximum atomic E-state index is 11.8. The summed E-state index contributed by atoms with van der Waals surface area (Å²) in [5, 5.41) is 0. The number of nitrogens with one attached hydrogen (secondary N) is 1. The number of nitrogens with two attached hydrogens (primary N) is 1. The van der Waals surface area contributed by atoms with Crippen molar-refractivity contribution in [3.05, 3.63) is 0 Å². The van der Waals surface area contributed by atoms with E-state index in [0.717, 1.165) is 25.8 Å². The molecule has 4 heteroatoms. The zero-order chi connectivity index (χ0) is 12.8. The Bertz CT molecular complexity index is 239. The second-order valence-electron chi connectivity index (χ2n) is 5.46. The summed E-state index contributed by atoms with van der Waals surface area (Å²) in [6.45, 7) is 7.58. The molecule has 4 nitrogen and oxygen atoms in total. The van der Waals surface area contributed by atoms with Gasteiger partial charge in [0.15, 0.2) is 0 Å². The smallest absolute Gasteiger partial charge is 0.251 e. The molecule has 0 aliphatic heterocycles. The van der Waals surface area contributed by atoms with Gasteiger partial charge in [0.05, 0.1) is 6.04 Å². The lowest BCUT2D eigenvalue weighted by Crippen LogP contribution is -2.50. The minimum absolute atomic E-state index is 0.0255. The molecule has 0 heterocycles. The highest BCUT2D eigenvalue weighted by molar-refractivity contribution is 5.81. The molecule has 0 spiro atoms. The van der Waals surface area contributed by atoms with Crippen LogP contribution < -0.4 is 11.3 Å². The lowest BCUT2D eigenvalue weighted by Gasteiger charge is -2.30. The highest BCUT2D eigenvalue weighted by atomic mass is 16.2. The fourth-order valence-electron chi connectivity index (χ4n) is 2.22. The average molecular weight is 241 g/mol. The van der Waals surface area contributed by atoms with E-state index in [-0.39, 0.29) is 11.9 Å². The maximum Gasteiger partial charge on any atom is 0.251 e. The molecule has 0 aromatic carbocycles. The van der Waals surface area contributed by atoms with Gasteiger partial charge in [-0.05, 0) is 38.1 Å². The summed E-state index contributed by atoms with van der Waals surface area (Å²) in [4.78, 5) is 14.2. The van der Waals surface area contributed by atoms with E-state index in [1.807, 2.05) is 0 Å². The molecule has 0 aromatic rings. The van der Waals surface area contributed by atoms with Crippen molar-refractivity contribution in [3.63, 3.8) is 0 Å². The van der Waals surface area contributed by atoms with Crippen LogP contribution in [0.2, 0.25) is 0 Å². The highest BCUT2D eigenvalue weighted by Gasteiger charge is 2.36. The normalized spacial score (nSPS) is 17.5. The zero-order valence-corrected chi connectivity index (χ0v) is 11.4. The summed E-state index contributed by atoms with van der Waals surface area (Å²) < 4.78 is 0. The minimum Gasteiger partial charge on any atom is -0.293 e. The van der Waals surface area contributed by atoms with Crippen molar-refractivity contribution in [1.82, 2.24) is 10.3 Å². The van der Waals surface area contributed by atoms with Crippen molar-refractivity contribution in [2.24, 2.45) is 11.8 Å². The Balaban J connectivity index is 2.60. The van der Waals surface area contributed by atoms with Gasteiger partial charge in [-0.15, -0.1) is 0 Å². The van der Waals surface area contributed by atoms with Gasteiger partial charge in [0, 0.05) is 6.04 Å². The largest absolute Gasteiger partial charge is 0.293 e. The minimum atomic E-state index is -0.0313. The number of carbonyl (C=O) groups is 1. The molecule has 0 aromatic heterocycles. The molecular formula is C13H27N3O. The molecular weight excluding hydrogens is 214 g/mol. The summed E-state index contributed by atoms with van der Waals surface area (Å²) in [5.74, 6) is 5.95. The molecule has 1 fully saturated rings. The van der Waals surface area contributed by atoms with Crippen molar-refractivity contribution in [3.8, 4) is 0 Å². The fourth-order valence-corrected chi connectivity index (χ4v) is 2.22. The Morgan fingerprint density at radius 1 is 1.41 bits per heavy atom. The van der Waals surface area contributed by atoms with Crippen LogP contribution in [0.5, 0.6) is 0 Å². The molecule has 1 saturated carbocycles. The van der Waals surface area contributed by atoms with Gasteiger partial charge in [-0.3, -0.25) is 15.1 Å². The number of hydrogen-bond acceptors (Lipinski definition) is 3. The van der Waals surface area contributed by atoms with Crippen LogP contribution in [-0.2, 0) is 4.79 Å². The van der Waals surface area contributed by atoms with Crippen molar-refractivity contribution < 1.29 is 4.79 Å². The molecule has 1 rings (SSSR count). The van der Waals surface area contributed by atoms with Crippen LogP contribution in [0.1, 0.15) is 52.9 Å². The van der Waals surface area contributed by atoms with Crippen LogP contribution >= 0.6 is 0 Å². The number of amides is 1. The lowest BCUT2D eigenvalue weighted by atomic mass is 10.1. The van der Waals surface area contributed by atoms with Crippen LogP contribution in [0.15, 0.2) is 0 Å². The Labute approximate surface area is 105 Å². The quantitative estimate of drug-likeness (QED) is 0.386. The first-order valence-electron chi connectivity index (χ1n) is 6.86. The Hall–Kier alpha value is -0.610. The number of rotatable bonds is 8. The summed E-state index contributed by atoms with van der Waals surface area (Å²) in [7, 11) is 0. The van der Waals surface area contributed by atoms with Crippen molar-refractivity contribution in [1.29, 1.82) is 0 Å². The van der Waals surface area contributed by atoms with E-state index < -0.39 is 0 Å². The molecule has 17 heavy (non-hydrogen) atoms. The third-order valence-electron chi connectivity index (χ3n) is 3.39. The number of hydrazine groups is 1. The van der Waals surface area contributed by atoms with Gasteiger partial charge in [-0.2, -0.15) is 0 Å². The van der Waals surface area contributed by atoms with E-state index in [9.17, 15) is 4.79 Å². The third-order valence-corrected chi connectivity index (χ3v) is 3.39. The number of nitrogens with zero attached hydrogens (tertiary/aromatic N) is 1. The van der Waals surface area contributed by atoms with Crippen LogP contribution in [0.4, 0.5) is 0 Å². The molecule has 3 N–H and O–H groups in total. The van der Waals surface area contributed by atoms with E-state index in [1.54, 1.807) is 0 Å². The highest BCUT2D eigenvalue weighted by Crippen LogP contribution is 2.30. The van der Waals surface area contributed by atoms with Gasteiger partial charge in [0.1, 0.15) is 0 Å². The predicted octanol–water partition coefficient (Wildman–Crippen LogP) is 1.66. The fraction of sp³-hybridized carbons (Fsp3) is 0.923. The SMILES string of the molecule is CCCC(C(=O)NN)N(CCC(C)C)C1CC1. The van der Waals surface area contributed by atoms with Gasteiger partial charge >= 0.3 is 0 Å². The molecule has 0 saturated heterocycles. The summed E-state index contributed by atoms with van der Waals surface area (Å²) in [6.07, 6.45) is 5.53. The Kier molecular flexibility index (Phi) is 5.92. The van der Waals surface area contributed by atoms with Gasteiger partial charge in [0.25, 0.3) is 5.91 Å². The monoisotopic (exact) mass is 241 g/mol. The molecule has 1 aliphatic rings. The van der Waals surface area contributed by atoms with E-state index in [0.29, 0.717) is 12.0 Å². The van der Waals surface area contributed by atoms with Crippen molar-refractivity contribution in [2.45, 2.75) is 65.0 Å². The molecule has 0 radical (unpaired) electrons. The third kappa shape index (κ3) is 4.64. The Morgan fingerprint density at radius 3 is 2.47 bits per heavy atom. The number of hydrogen-bond donors (Lipinski definition) is 2. The first-order valence-corrected chi connectivity index (χ1v) is 6.86. The van der Waals surface area contributed by atoms with Crippen LogP contribution in [0, 0.1) is 5.92 Å². The topological polar surface area (TPSA) is 58.4 Å². The van der Waals surface area contributed by atoms with Gasteiger partial charge in [-0.1, -0.05) is 27.2 Å². The van der Waals surface area contributed by atoms with Crippen molar-refractivity contribution >= 4 is 5.91 Å². The van der Waals surface area contributed by atoms with E-state index in [1.165, 1.54) is 12.8 Å². The second-order valence-corrected chi connectivity index (χ2v) is 5.46. The first-order chi connectivity index (χ1) is 8.10. The molecule has 1 atom stereocenters.